The zero-order valence-corrected chi connectivity index (χ0v) is 11.4. The van der Waals surface area contributed by atoms with Crippen molar-refractivity contribution in [2.24, 2.45) is 5.92 Å². The van der Waals surface area contributed by atoms with Crippen molar-refractivity contribution >= 4 is 17.5 Å². The Morgan fingerprint density at radius 1 is 1.44 bits per heavy atom. The van der Waals surface area contributed by atoms with Gasteiger partial charge in [-0.25, -0.2) is 4.98 Å². The summed E-state index contributed by atoms with van der Waals surface area (Å²) in [4.78, 5) is 21.6. The van der Waals surface area contributed by atoms with Gasteiger partial charge in [-0.3, -0.25) is 9.78 Å². The molecule has 0 saturated carbocycles. The van der Waals surface area contributed by atoms with Crippen LogP contribution in [0, 0.1) is 5.92 Å². The topological polar surface area (TPSA) is 46.1 Å². The number of aromatic nitrogens is 2. The molecule has 0 unspecified atom stereocenters. The van der Waals surface area contributed by atoms with Gasteiger partial charge in [0.05, 0.1) is 11.9 Å². The molecule has 1 aromatic rings. The number of amides is 1. The van der Waals surface area contributed by atoms with E-state index in [9.17, 15) is 4.79 Å². The maximum atomic E-state index is 11.3. The minimum absolute atomic E-state index is 0.179. The summed E-state index contributed by atoms with van der Waals surface area (Å²) in [6.45, 7) is 3.38. The van der Waals surface area contributed by atoms with E-state index < -0.39 is 0 Å². The van der Waals surface area contributed by atoms with Crippen molar-refractivity contribution < 1.29 is 4.79 Å². The van der Waals surface area contributed by atoms with Crippen molar-refractivity contribution in [3.05, 3.63) is 23.2 Å². The Labute approximate surface area is 112 Å². The molecule has 1 fully saturated rings. The first-order chi connectivity index (χ1) is 8.65. The van der Waals surface area contributed by atoms with Gasteiger partial charge in [0.1, 0.15) is 5.15 Å². The number of halogens is 1. The standard InChI is InChI=1S/C13H18ClN3O/c1-10(18)17-5-2-3-11(4-6-17)7-12-8-15-9-13(14)16-12/h8-9,11H,2-7H2,1H3/t11-/m1/s1. The van der Waals surface area contributed by atoms with E-state index >= 15 is 0 Å². The van der Waals surface area contributed by atoms with Gasteiger partial charge in [0.2, 0.25) is 5.91 Å². The smallest absolute Gasteiger partial charge is 0.219 e. The zero-order valence-electron chi connectivity index (χ0n) is 10.6. The number of carbonyl (C=O) groups is 1. The van der Waals surface area contributed by atoms with E-state index in [1.54, 1.807) is 19.3 Å². The van der Waals surface area contributed by atoms with Crippen molar-refractivity contribution in [3.8, 4) is 0 Å². The normalized spacial score (nSPS) is 20.6. The summed E-state index contributed by atoms with van der Waals surface area (Å²) in [5.41, 5.74) is 0.948. The van der Waals surface area contributed by atoms with Crippen LogP contribution in [0.4, 0.5) is 0 Å². The van der Waals surface area contributed by atoms with Crippen LogP contribution in [-0.2, 0) is 11.2 Å². The van der Waals surface area contributed by atoms with Gasteiger partial charge in [-0.15, -0.1) is 0 Å². The van der Waals surface area contributed by atoms with Crippen molar-refractivity contribution in [1.82, 2.24) is 14.9 Å². The number of nitrogens with zero attached hydrogens (tertiary/aromatic N) is 3. The van der Waals surface area contributed by atoms with Crippen molar-refractivity contribution in [2.75, 3.05) is 13.1 Å². The molecule has 4 nitrogen and oxygen atoms in total. The van der Waals surface area contributed by atoms with Gasteiger partial charge in [0, 0.05) is 26.2 Å². The first-order valence-corrected chi connectivity index (χ1v) is 6.75. The summed E-state index contributed by atoms with van der Waals surface area (Å²) in [6.07, 6.45) is 7.47. The second-order valence-corrected chi connectivity index (χ2v) is 5.23. The van der Waals surface area contributed by atoms with Crippen molar-refractivity contribution in [3.63, 3.8) is 0 Å². The first kappa shape index (κ1) is 13.3. The summed E-state index contributed by atoms with van der Waals surface area (Å²) in [5.74, 6) is 0.750. The first-order valence-electron chi connectivity index (χ1n) is 6.37. The van der Waals surface area contributed by atoms with Crippen LogP contribution in [0.15, 0.2) is 12.4 Å². The molecular weight excluding hydrogens is 250 g/mol. The third-order valence-electron chi connectivity index (χ3n) is 3.45. The van der Waals surface area contributed by atoms with Gasteiger partial charge in [-0.1, -0.05) is 11.6 Å². The third kappa shape index (κ3) is 3.67. The van der Waals surface area contributed by atoms with Crippen LogP contribution in [0.3, 0.4) is 0 Å². The summed E-state index contributed by atoms with van der Waals surface area (Å²) in [7, 11) is 0. The fourth-order valence-electron chi connectivity index (χ4n) is 2.46. The van der Waals surface area contributed by atoms with Crippen LogP contribution in [0.5, 0.6) is 0 Å². The highest BCUT2D eigenvalue weighted by molar-refractivity contribution is 6.29. The lowest BCUT2D eigenvalue weighted by Crippen LogP contribution is -2.29. The Bertz CT molecular complexity index is 424. The second-order valence-electron chi connectivity index (χ2n) is 4.84. The lowest BCUT2D eigenvalue weighted by atomic mass is 9.95. The molecule has 1 aromatic heterocycles. The Morgan fingerprint density at radius 3 is 3.00 bits per heavy atom. The molecule has 18 heavy (non-hydrogen) atoms. The summed E-state index contributed by atoms with van der Waals surface area (Å²) >= 11 is 5.83. The van der Waals surface area contributed by atoms with Crippen LogP contribution in [0.1, 0.15) is 31.9 Å². The molecule has 0 spiro atoms. The Kier molecular flexibility index (Phi) is 4.53. The maximum Gasteiger partial charge on any atom is 0.219 e. The molecule has 1 amide bonds. The average molecular weight is 268 g/mol. The van der Waals surface area contributed by atoms with Gasteiger partial charge in [-0.05, 0) is 31.6 Å². The molecule has 98 valence electrons. The third-order valence-corrected chi connectivity index (χ3v) is 3.63. The van der Waals surface area contributed by atoms with E-state index in [0.717, 1.165) is 44.5 Å². The van der Waals surface area contributed by atoms with E-state index in [4.69, 9.17) is 11.6 Å². The number of likely N-dealkylation sites (tertiary alicyclic amines) is 1. The predicted octanol–water partition coefficient (Wildman–Crippen LogP) is 2.32. The van der Waals surface area contributed by atoms with E-state index in [1.165, 1.54) is 0 Å². The molecule has 0 N–H and O–H groups in total. The Morgan fingerprint density at radius 2 is 2.28 bits per heavy atom. The molecule has 1 aliphatic heterocycles. The number of rotatable bonds is 2. The molecular formula is C13H18ClN3O. The van der Waals surface area contributed by atoms with Gasteiger partial charge >= 0.3 is 0 Å². The largest absolute Gasteiger partial charge is 0.343 e. The monoisotopic (exact) mass is 267 g/mol. The fraction of sp³-hybridized carbons (Fsp3) is 0.615. The molecule has 1 atom stereocenters. The van der Waals surface area contributed by atoms with Crippen LogP contribution in [0.2, 0.25) is 5.15 Å². The fourth-order valence-corrected chi connectivity index (χ4v) is 2.62. The van der Waals surface area contributed by atoms with Gasteiger partial charge in [0.15, 0.2) is 0 Å². The van der Waals surface area contributed by atoms with Crippen LogP contribution in [0.25, 0.3) is 0 Å². The lowest BCUT2D eigenvalue weighted by molar-refractivity contribution is -0.128. The molecule has 0 radical (unpaired) electrons. The lowest BCUT2D eigenvalue weighted by Gasteiger charge is -2.18. The van der Waals surface area contributed by atoms with Gasteiger partial charge in [0.25, 0.3) is 0 Å². The SMILES string of the molecule is CC(=O)N1CCC[C@@H](Cc2cncc(Cl)n2)CC1. The molecule has 0 aliphatic carbocycles. The molecule has 0 bridgehead atoms. The minimum atomic E-state index is 0.179. The number of hydrogen-bond acceptors (Lipinski definition) is 3. The van der Waals surface area contributed by atoms with E-state index in [0.29, 0.717) is 11.1 Å². The Balaban J connectivity index is 1.92. The maximum absolute atomic E-state index is 11.3. The highest BCUT2D eigenvalue weighted by Gasteiger charge is 2.19. The van der Waals surface area contributed by atoms with E-state index in [2.05, 4.69) is 9.97 Å². The Hall–Kier alpha value is -1.16. The summed E-state index contributed by atoms with van der Waals surface area (Å²) < 4.78 is 0. The zero-order chi connectivity index (χ0) is 13.0. The minimum Gasteiger partial charge on any atom is -0.343 e. The number of hydrogen-bond donors (Lipinski definition) is 0. The van der Waals surface area contributed by atoms with Crippen molar-refractivity contribution in [2.45, 2.75) is 32.6 Å². The van der Waals surface area contributed by atoms with Gasteiger partial charge < -0.3 is 4.90 Å². The number of carbonyl (C=O) groups excluding carboxylic acids is 1. The molecule has 1 aliphatic rings. The second kappa shape index (κ2) is 6.14. The van der Waals surface area contributed by atoms with Crippen LogP contribution >= 0.6 is 11.6 Å². The summed E-state index contributed by atoms with van der Waals surface area (Å²) in [5, 5.41) is 0.450. The molecule has 0 aromatic carbocycles. The van der Waals surface area contributed by atoms with Crippen LogP contribution in [-0.4, -0.2) is 33.9 Å². The average Bonchev–Trinajstić information content (AvgIpc) is 2.55. The molecule has 5 heteroatoms. The predicted molar refractivity (Wildman–Crippen MR) is 70.3 cm³/mol. The molecule has 1 saturated heterocycles. The quantitative estimate of drug-likeness (QED) is 0.826. The van der Waals surface area contributed by atoms with E-state index in [1.807, 2.05) is 4.90 Å². The highest BCUT2D eigenvalue weighted by atomic mass is 35.5. The highest BCUT2D eigenvalue weighted by Crippen LogP contribution is 2.21. The van der Waals surface area contributed by atoms with Crippen LogP contribution < -0.4 is 0 Å². The van der Waals surface area contributed by atoms with Crippen molar-refractivity contribution in [1.29, 1.82) is 0 Å². The molecule has 2 rings (SSSR count). The molecule has 2 heterocycles. The summed E-state index contributed by atoms with van der Waals surface area (Å²) in [6, 6.07) is 0. The van der Waals surface area contributed by atoms with Gasteiger partial charge in [-0.2, -0.15) is 0 Å². The van der Waals surface area contributed by atoms with E-state index in [-0.39, 0.29) is 5.91 Å².